The molecular formula is C3H5NO. The third kappa shape index (κ3) is 0.121. The second-order valence-electron chi connectivity index (χ2n) is 1.50. The van der Waals surface area contributed by atoms with E-state index in [-0.39, 0.29) is 0 Å². The summed E-state index contributed by atoms with van der Waals surface area (Å²) in [5, 5.41) is 3.06. The number of rotatable bonds is 0. The van der Waals surface area contributed by atoms with Gasteiger partial charge in [-0.05, 0) is 0 Å². The third-order valence-electron chi connectivity index (χ3n) is 1.10. The van der Waals surface area contributed by atoms with Crippen LogP contribution in [0.2, 0.25) is 0 Å². The first-order chi connectivity index (χ1) is 2.47. The lowest BCUT2D eigenvalue weighted by molar-refractivity contribution is 0.410. The fourth-order valence-corrected chi connectivity index (χ4v) is 0.549. The van der Waals surface area contributed by atoms with Crippen molar-refractivity contribution in [3.05, 3.63) is 0 Å². The monoisotopic (exact) mass is 71.0 g/mol. The zero-order valence-corrected chi connectivity index (χ0v) is 2.77. The van der Waals surface area contributed by atoms with Crippen molar-refractivity contribution in [1.29, 1.82) is 0 Å². The highest BCUT2D eigenvalue weighted by molar-refractivity contribution is 4.94. The van der Waals surface area contributed by atoms with Gasteiger partial charge in [-0.25, -0.2) is 0 Å². The molecular weight excluding hydrogens is 66.0 g/mol. The summed E-state index contributed by atoms with van der Waals surface area (Å²) in [6.07, 6.45) is 1.10. The molecule has 0 saturated carbocycles. The molecule has 28 valence electrons. The van der Waals surface area contributed by atoms with Crippen molar-refractivity contribution < 1.29 is 4.74 Å². The van der Waals surface area contributed by atoms with Crippen LogP contribution in [-0.2, 0) is 4.74 Å². The van der Waals surface area contributed by atoms with Gasteiger partial charge in [-0.3, -0.25) is 5.32 Å². The van der Waals surface area contributed by atoms with E-state index in [1.54, 1.807) is 0 Å². The summed E-state index contributed by atoms with van der Waals surface area (Å²) in [6.45, 7) is 1.09. The summed E-state index contributed by atoms with van der Waals surface area (Å²) < 4.78 is 4.92. The molecule has 0 amide bonds. The quantitative estimate of drug-likeness (QED) is 0.382. The second kappa shape index (κ2) is 0.420. The lowest BCUT2D eigenvalue weighted by Crippen LogP contribution is -2.35. The van der Waals surface area contributed by atoms with Crippen LogP contribution in [-0.4, -0.2) is 18.9 Å². The van der Waals surface area contributed by atoms with Gasteiger partial charge < -0.3 is 4.74 Å². The SMILES string of the molecule is C1NC2OC12. The van der Waals surface area contributed by atoms with Crippen LogP contribution in [0.25, 0.3) is 0 Å². The van der Waals surface area contributed by atoms with Gasteiger partial charge in [-0.1, -0.05) is 0 Å². The molecule has 0 aliphatic carbocycles. The number of ether oxygens (including phenoxy) is 1. The fourth-order valence-electron chi connectivity index (χ4n) is 0.549. The van der Waals surface area contributed by atoms with Crippen molar-refractivity contribution in [1.82, 2.24) is 5.32 Å². The topological polar surface area (TPSA) is 24.6 Å². The van der Waals surface area contributed by atoms with Crippen molar-refractivity contribution in [2.45, 2.75) is 12.3 Å². The Labute approximate surface area is 30.1 Å². The number of hydrogen-bond donors (Lipinski definition) is 1. The molecule has 0 bridgehead atoms. The molecule has 1 N–H and O–H groups in total. The van der Waals surface area contributed by atoms with E-state index in [1.807, 2.05) is 0 Å². The highest BCUT2D eigenvalue weighted by Gasteiger charge is 2.47. The van der Waals surface area contributed by atoms with Gasteiger partial charge in [0.2, 0.25) is 0 Å². The number of nitrogens with one attached hydrogen (secondary N) is 1. The normalized spacial score (nSPS) is 57.6. The minimum Gasteiger partial charge on any atom is -0.352 e. The molecule has 0 radical (unpaired) electrons. The van der Waals surface area contributed by atoms with Crippen LogP contribution in [0.5, 0.6) is 0 Å². The van der Waals surface area contributed by atoms with Crippen molar-refractivity contribution in [2.75, 3.05) is 6.54 Å². The number of hydrogen-bond acceptors (Lipinski definition) is 2. The molecule has 2 aliphatic heterocycles. The van der Waals surface area contributed by atoms with Gasteiger partial charge in [0.25, 0.3) is 0 Å². The fraction of sp³-hybridized carbons (Fsp3) is 1.00. The van der Waals surface area contributed by atoms with Gasteiger partial charge in [0.15, 0.2) is 0 Å². The molecule has 2 atom stereocenters. The van der Waals surface area contributed by atoms with Gasteiger partial charge in [-0.15, -0.1) is 0 Å². The highest BCUT2D eigenvalue weighted by Crippen LogP contribution is 2.25. The van der Waals surface area contributed by atoms with Crippen LogP contribution in [0.1, 0.15) is 0 Å². The van der Waals surface area contributed by atoms with Crippen molar-refractivity contribution in [3.8, 4) is 0 Å². The molecule has 2 fully saturated rings. The molecule has 0 aromatic carbocycles. The highest BCUT2D eigenvalue weighted by atomic mass is 16.6. The summed E-state index contributed by atoms with van der Waals surface area (Å²) >= 11 is 0. The smallest absolute Gasteiger partial charge is 0.136 e. The van der Waals surface area contributed by atoms with Gasteiger partial charge >= 0.3 is 0 Å². The van der Waals surface area contributed by atoms with Crippen molar-refractivity contribution in [3.63, 3.8) is 0 Å². The maximum absolute atomic E-state index is 4.92. The molecule has 2 saturated heterocycles. The number of fused-ring (bicyclic) bond motifs is 1. The second-order valence-corrected chi connectivity index (χ2v) is 1.50. The average molecular weight is 71.1 g/mol. The molecule has 0 aromatic rings. The van der Waals surface area contributed by atoms with E-state index < -0.39 is 0 Å². The Hall–Kier alpha value is -0.0800. The Bertz CT molecular complexity index is 51.9. The minimum atomic E-state index is 0.481. The van der Waals surface area contributed by atoms with Crippen molar-refractivity contribution in [2.24, 2.45) is 0 Å². The lowest BCUT2D eigenvalue weighted by Gasteiger charge is -2.02. The van der Waals surface area contributed by atoms with Crippen LogP contribution < -0.4 is 5.32 Å². The minimum absolute atomic E-state index is 0.481. The van der Waals surface area contributed by atoms with E-state index in [4.69, 9.17) is 4.74 Å². The third-order valence-corrected chi connectivity index (χ3v) is 1.10. The van der Waals surface area contributed by atoms with E-state index in [0.29, 0.717) is 12.3 Å². The standard InChI is InChI=1S/C3H5NO/c1-2-3(4-1)5-2/h2-4H,1H2. The lowest BCUT2D eigenvalue weighted by atomic mass is 10.3. The zero-order valence-electron chi connectivity index (χ0n) is 2.77. The Morgan fingerprint density at radius 1 is 1.80 bits per heavy atom. The van der Waals surface area contributed by atoms with Crippen LogP contribution in [0.3, 0.4) is 0 Å². The average Bonchev–Trinajstić information content (AvgIpc) is 1.74. The van der Waals surface area contributed by atoms with Gasteiger partial charge in [0.05, 0.1) is 0 Å². The molecule has 0 spiro atoms. The van der Waals surface area contributed by atoms with Crippen LogP contribution in [0, 0.1) is 0 Å². The first kappa shape index (κ1) is 2.16. The van der Waals surface area contributed by atoms with Gasteiger partial charge in [-0.2, -0.15) is 0 Å². The molecule has 2 unspecified atom stereocenters. The Kier molecular flexibility index (Phi) is 0.181. The largest absolute Gasteiger partial charge is 0.352 e. The summed E-state index contributed by atoms with van der Waals surface area (Å²) in [6, 6.07) is 0. The summed E-state index contributed by atoms with van der Waals surface area (Å²) in [5.41, 5.74) is 0. The summed E-state index contributed by atoms with van der Waals surface area (Å²) in [4.78, 5) is 0. The summed E-state index contributed by atoms with van der Waals surface area (Å²) in [5.74, 6) is 0. The number of epoxide rings is 1. The van der Waals surface area contributed by atoms with Crippen LogP contribution in [0.4, 0.5) is 0 Å². The Morgan fingerprint density at radius 2 is 2.60 bits per heavy atom. The molecule has 0 aromatic heterocycles. The molecule has 2 aliphatic rings. The van der Waals surface area contributed by atoms with E-state index >= 15 is 0 Å². The van der Waals surface area contributed by atoms with E-state index in [1.165, 1.54) is 0 Å². The van der Waals surface area contributed by atoms with Gasteiger partial charge in [0, 0.05) is 6.54 Å². The molecule has 2 heterocycles. The maximum Gasteiger partial charge on any atom is 0.136 e. The first-order valence-corrected chi connectivity index (χ1v) is 1.86. The maximum atomic E-state index is 4.92. The molecule has 2 nitrogen and oxygen atoms in total. The van der Waals surface area contributed by atoms with Crippen molar-refractivity contribution >= 4 is 0 Å². The molecule has 5 heavy (non-hydrogen) atoms. The predicted molar refractivity (Wildman–Crippen MR) is 16.7 cm³/mol. The first-order valence-electron chi connectivity index (χ1n) is 1.86. The van der Waals surface area contributed by atoms with E-state index in [0.717, 1.165) is 6.54 Å². The predicted octanol–water partition coefficient (Wildman–Crippen LogP) is -0.686. The van der Waals surface area contributed by atoms with E-state index in [9.17, 15) is 0 Å². The Morgan fingerprint density at radius 3 is 2.60 bits per heavy atom. The van der Waals surface area contributed by atoms with Gasteiger partial charge in [0.1, 0.15) is 12.3 Å². The Balaban J connectivity index is 2.19. The van der Waals surface area contributed by atoms with Crippen LogP contribution >= 0.6 is 0 Å². The zero-order chi connectivity index (χ0) is 3.28. The van der Waals surface area contributed by atoms with E-state index in [2.05, 4.69) is 5.32 Å². The molecule has 2 heteroatoms. The van der Waals surface area contributed by atoms with Crippen LogP contribution in [0.15, 0.2) is 0 Å². The molecule has 2 rings (SSSR count). The summed E-state index contributed by atoms with van der Waals surface area (Å²) in [7, 11) is 0.